The zero-order valence-electron chi connectivity index (χ0n) is 9.88. The summed E-state index contributed by atoms with van der Waals surface area (Å²) < 4.78 is 13.0. The van der Waals surface area contributed by atoms with Crippen molar-refractivity contribution in [1.29, 1.82) is 0 Å². The number of amides is 1. The van der Waals surface area contributed by atoms with Crippen molar-refractivity contribution in [1.82, 2.24) is 10.3 Å². The van der Waals surface area contributed by atoms with E-state index in [-0.39, 0.29) is 11.7 Å². The number of H-pyrrole nitrogens is 1. The Kier molecular flexibility index (Phi) is 3.13. The molecule has 1 aromatic carbocycles. The molecule has 90 valence electrons. The highest BCUT2D eigenvalue weighted by atomic mass is 19.1. The van der Waals surface area contributed by atoms with Crippen LogP contribution in [0.2, 0.25) is 0 Å². The van der Waals surface area contributed by atoms with Crippen LogP contribution in [-0.2, 0) is 0 Å². The maximum Gasteiger partial charge on any atom is 0.267 e. The van der Waals surface area contributed by atoms with Gasteiger partial charge in [0, 0.05) is 17.4 Å². The van der Waals surface area contributed by atoms with E-state index in [1.807, 2.05) is 13.8 Å². The smallest absolute Gasteiger partial charge is 0.267 e. The van der Waals surface area contributed by atoms with Gasteiger partial charge < -0.3 is 10.3 Å². The maximum absolute atomic E-state index is 13.0. The molecule has 0 aliphatic rings. The Morgan fingerprint density at radius 2 is 2.18 bits per heavy atom. The van der Waals surface area contributed by atoms with Crippen LogP contribution < -0.4 is 5.32 Å². The van der Waals surface area contributed by atoms with E-state index >= 15 is 0 Å². The van der Waals surface area contributed by atoms with E-state index in [0.717, 1.165) is 5.52 Å². The molecule has 0 fully saturated rings. The number of aromatic amines is 1. The van der Waals surface area contributed by atoms with Gasteiger partial charge in [-0.3, -0.25) is 4.79 Å². The number of hydrogen-bond donors (Lipinski definition) is 2. The van der Waals surface area contributed by atoms with Crippen molar-refractivity contribution < 1.29 is 9.18 Å². The van der Waals surface area contributed by atoms with E-state index in [9.17, 15) is 9.18 Å². The standard InChI is InChI=1S/C13H15FN2O/c1-8(2)7-15-13(17)12-6-9-5-10(14)3-4-11(9)16-12/h3-6,8,16H,7H2,1-2H3,(H,15,17). The quantitative estimate of drug-likeness (QED) is 0.842. The minimum atomic E-state index is -0.300. The van der Waals surface area contributed by atoms with Crippen molar-refractivity contribution in [3.63, 3.8) is 0 Å². The van der Waals surface area contributed by atoms with E-state index in [0.29, 0.717) is 23.5 Å². The van der Waals surface area contributed by atoms with Crippen LogP contribution in [-0.4, -0.2) is 17.4 Å². The number of benzene rings is 1. The summed E-state index contributed by atoms with van der Waals surface area (Å²) in [6.07, 6.45) is 0. The van der Waals surface area contributed by atoms with Gasteiger partial charge in [-0.1, -0.05) is 13.8 Å². The van der Waals surface area contributed by atoms with Gasteiger partial charge in [0.05, 0.1) is 0 Å². The highest BCUT2D eigenvalue weighted by Gasteiger charge is 2.09. The van der Waals surface area contributed by atoms with Gasteiger partial charge in [0.2, 0.25) is 0 Å². The summed E-state index contributed by atoms with van der Waals surface area (Å²) in [5.74, 6) is -0.0540. The molecular weight excluding hydrogens is 219 g/mol. The second-order valence-electron chi connectivity index (χ2n) is 4.52. The number of hydrogen-bond acceptors (Lipinski definition) is 1. The Bertz CT molecular complexity index is 545. The summed E-state index contributed by atoms with van der Waals surface area (Å²) in [5, 5.41) is 3.52. The first-order valence-electron chi connectivity index (χ1n) is 5.62. The summed E-state index contributed by atoms with van der Waals surface area (Å²) in [7, 11) is 0. The van der Waals surface area contributed by atoms with Gasteiger partial charge in [-0.15, -0.1) is 0 Å². The van der Waals surface area contributed by atoms with E-state index in [1.165, 1.54) is 12.1 Å². The predicted molar refractivity (Wildman–Crippen MR) is 65.4 cm³/mol. The number of carbonyl (C=O) groups excluding carboxylic acids is 1. The van der Waals surface area contributed by atoms with Crippen molar-refractivity contribution in [3.05, 3.63) is 35.8 Å². The Balaban J connectivity index is 2.21. The van der Waals surface area contributed by atoms with E-state index < -0.39 is 0 Å². The van der Waals surface area contributed by atoms with E-state index in [4.69, 9.17) is 0 Å². The molecule has 0 radical (unpaired) electrons. The number of rotatable bonds is 3. The molecule has 0 spiro atoms. The third kappa shape index (κ3) is 2.64. The molecule has 3 nitrogen and oxygen atoms in total. The number of halogens is 1. The molecule has 0 saturated carbocycles. The lowest BCUT2D eigenvalue weighted by atomic mass is 10.2. The van der Waals surface area contributed by atoms with Crippen molar-refractivity contribution in [2.45, 2.75) is 13.8 Å². The normalized spacial score (nSPS) is 11.1. The molecular formula is C13H15FN2O. The molecule has 1 heterocycles. The highest BCUT2D eigenvalue weighted by molar-refractivity contribution is 5.97. The lowest BCUT2D eigenvalue weighted by Gasteiger charge is -2.05. The minimum absolute atomic E-state index is 0.157. The van der Waals surface area contributed by atoms with Crippen molar-refractivity contribution in [2.24, 2.45) is 5.92 Å². The highest BCUT2D eigenvalue weighted by Crippen LogP contribution is 2.16. The first kappa shape index (κ1) is 11.6. The van der Waals surface area contributed by atoms with Gasteiger partial charge in [-0.25, -0.2) is 4.39 Å². The zero-order valence-corrected chi connectivity index (χ0v) is 9.88. The summed E-state index contributed by atoms with van der Waals surface area (Å²) in [4.78, 5) is 14.7. The molecule has 0 aliphatic heterocycles. The fourth-order valence-corrected chi connectivity index (χ4v) is 1.62. The van der Waals surface area contributed by atoms with Crippen LogP contribution in [0.25, 0.3) is 10.9 Å². The lowest BCUT2D eigenvalue weighted by molar-refractivity contribution is 0.0945. The Morgan fingerprint density at radius 1 is 1.41 bits per heavy atom. The van der Waals surface area contributed by atoms with Crippen molar-refractivity contribution in [2.75, 3.05) is 6.54 Å². The molecule has 2 aromatic rings. The van der Waals surface area contributed by atoms with Gasteiger partial charge in [-0.05, 0) is 30.2 Å². The molecule has 4 heteroatoms. The minimum Gasteiger partial charge on any atom is -0.351 e. The number of carbonyl (C=O) groups is 1. The fraction of sp³-hybridized carbons (Fsp3) is 0.308. The first-order chi connectivity index (χ1) is 8.06. The Morgan fingerprint density at radius 3 is 2.88 bits per heavy atom. The number of nitrogens with one attached hydrogen (secondary N) is 2. The summed E-state index contributed by atoms with van der Waals surface area (Å²) >= 11 is 0. The molecule has 1 amide bonds. The molecule has 1 aromatic heterocycles. The monoisotopic (exact) mass is 234 g/mol. The van der Waals surface area contributed by atoms with Gasteiger partial charge in [0.15, 0.2) is 0 Å². The average molecular weight is 234 g/mol. The molecule has 0 saturated heterocycles. The van der Waals surface area contributed by atoms with Crippen LogP contribution in [0.1, 0.15) is 24.3 Å². The Labute approximate surface area is 99.0 Å². The third-order valence-corrected chi connectivity index (χ3v) is 2.50. The van der Waals surface area contributed by atoms with Gasteiger partial charge in [-0.2, -0.15) is 0 Å². The van der Waals surface area contributed by atoms with Crippen LogP contribution in [0.15, 0.2) is 24.3 Å². The summed E-state index contributed by atoms with van der Waals surface area (Å²) in [6, 6.07) is 6.07. The zero-order chi connectivity index (χ0) is 12.4. The first-order valence-corrected chi connectivity index (χ1v) is 5.62. The molecule has 2 rings (SSSR count). The summed E-state index contributed by atoms with van der Waals surface area (Å²) in [6.45, 7) is 4.68. The molecule has 0 atom stereocenters. The second kappa shape index (κ2) is 4.57. The molecule has 0 unspecified atom stereocenters. The van der Waals surface area contributed by atoms with Gasteiger partial charge >= 0.3 is 0 Å². The van der Waals surface area contributed by atoms with Crippen LogP contribution in [0.3, 0.4) is 0 Å². The second-order valence-corrected chi connectivity index (χ2v) is 4.52. The third-order valence-electron chi connectivity index (χ3n) is 2.50. The number of aromatic nitrogens is 1. The molecule has 0 aliphatic carbocycles. The molecule has 2 N–H and O–H groups in total. The van der Waals surface area contributed by atoms with E-state index in [1.54, 1.807) is 12.1 Å². The van der Waals surface area contributed by atoms with Crippen LogP contribution in [0, 0.1) is 11.7 Å². The summed E-state index contributed by atoms with van der Waals surface area (Å²) in [5.41, 5.74) is 1.23. The maximum atomic E-state index is 13.0. The van der Waals surface area contributed by atoms with Crippen LogP contribution in [0.4, 0.5) is 4.39 Å². The average Bonchev–Trinajstić information content (AvgIpc) is 2.68. The van der Waals surface area contributed by atoms with Crippen molar-refractivity contribution in [3.8, 4) is 0 Å². The number of fused-ring (bicyclic) bond motifs is 1. The topological polar surface area (TPSA) is 44.9 Å². The predicted octanol–water partition coefficient (Wildman–Crippen LogP) is 2.69. The van der Waals surface area contributed by atoms with Gasteiger partial charge in [0.1, 0.15) is 11.5 Å². The SMILES string of the molecule is CC(C)CNC(=O)c1cc2cc(F)ccc2[nH]1. The lowest BCUT2D eigenvalue weighted by Crippen LogP contribution is -2.27. The van der Waals surface area contributed by atoms with Crippen LogP contribution in [0.5, 0.6) is 0 Å². The van der Waals surface area contributed by atoms with Gasteiger partial charge in [0.25, 0.3) is 5.91 Å². The Hall–Kier alpha value is -1.84. The largest absolute Gasteiger partial charge is 0.351 e. The fourth-order valence-electron chi connectivity index (χ4n) is 1.62. The molecule has 0 bridgehead atoms. The van der Waals surface area contributed by atoms with Crippen molar-refractivity contribution >= 4 is 16.8 Å². The van der Waals surface area contributed by atoms with E-state index in [2.05, 4.69) is 10.3 Å². The molecule has 17 heavy (non-hydrogen) atoms. The van der Waals surface area contributed by atoms with Crippen LogP contribution >= 0.6 is 0 Å².